The van der Waals surface area contributed by atoms with E-state index in [1.165, 1.54) is 0 Å². The Balaban J connectivity index is 1.73. The van der Waals surface area contributed by atoms with Crippen molar-refractivity contribution in [2.75, 3.05) is 33.7 Å². The van der Waals surface area contributed by atoms with Crippen LogP contribution in [0.5, 0.6) is 0 Å². The first-order chi connectivity index (χ1) is 12.9. The fraction of sp³-hybridized carbons (Fsp3) is 0.429. The first kappa shape index (κ1) is 18.3. The summed E-state index contributed by atoms with van der Waals surface area (Å²) in [6, 6.07) is 11.3. The highest BCUT2D eigenvalue weighted by atomic mass is 35.5. The molecule has 27 heavy (non-hydrogen) atoms. The van der Waals surface area contributed by atoms with E-state index >= 15 is 0 Å². The molecule has 2 bridgehead atoms. The lowest BCUT2D eigenvalue weighted by Gasteiger charge is -2.43. The van der Waals surface area contributed by atoms with Crippen molar-refractivity contribution in [1.82, 2.24) is 14.4 Å². The molecule has 2 aromatic rings. The van der Waals surface area contributed by atoms with Crippen LogP contribution in [0.2, 0.25) is 5.02 Å². The second kappa shape index (κ2) is 7.13. The number of carbonyl (C=O) groups excluding carboxylic acids is 1. The smallest absolute Gasteiger partial charge is 0.250 e. The SMILES string of the molecule is CN(C)CC(=O)N1CC2CC(C1)c1c(-c3ccc(Cl)cc3)ccc(=O)n1C2. The van der Waals surface area contributed by atoms with Gasteiger partial charge in [0.1, 0.15) is 0 Å². The number of carbonyl (C=O) groups is 1. The second-order valence-electron chi connectivity index (χ2n) is 7.92. The topological polar surface area (TPSA) is 45.6 Å². The van der Waals surface area contributed by atoms with E-state index in [1.54, 1.807) is 6.07 Å². The molecular formula is C21H24ClN3O2. The molecule has 1 aromatic heterocycles. The molecule has 0 N–H and O–H groups in total. The van der Waals surface area contributed by atoms with Crippen molar-refractivity contribution in [3.63, 3.8) is 0 Å². The highest BCUT2D eigenvalue weighted by Crippen LogP contribution is 2.40. The molecule has 0 spiro atoms. The van der Waals surface area contributed by atoms with Crippen LogP contribution in [0.4, 0.5) is 0 Å². The minimum atomic E-state index is 0.0467. The fourth-order valence-electron chi connectivity index (χ4n) is 4.46. The van der Waals surface area contributed by atoms with Gasteiger partial charge in [-0.05, 0) is 50.2 Å². The highest BCUT2D eigenvalue weighted by molar-refractivity contribution is 6.30. The lowest BCUT2D eigenvalue weighted by molar-refractivity contribution is -0.134. The maximum absolute atomic E-state index is 12.6. The van der Waals surface area contributed by atoms with Gasteiger partial charge in [0, 0.05) is 47.9 Å². The third kappa shape index (κ3) is 3.54. The second-order valence-corrected chi connectivity index (χ2v) is 8.36. The van der Waals surface area contributed by atoms with Crippen molar-refractivity contribution in [3.8, 4) is 11.1 Å². The molecule has 1 saturated heterocycles. The lowest BCUT2D eigenvalue weighted by atomic mass is 9.80. The van der Waals surface area contributed by atoms with E-state index in [-0.39, 0.29) is 17.4 Å². The van der Waals surface area contributed by atoms with Crippen molar-refractivity contribution < 1.29 is 4.79 Å². The minimum Gasteiger partial charge on any atom is -0.341 e. The quantitative estimate of drug-likeness (QED) is 0.816. The number of aromatic nitrogens is 1. The Morgan fingerprint density at radius 1 is 1.11 bits per heavy atom. The zero-order valence-electron chi connectivity index (χ0n) is 15.7. The summed E-state index contributed by atoms with van der Waals surface area (Å²) < 4.78 is 1.93. The van der Waals surface area contributed by atoms with Crippen molar-refractivity contribution in [2.24, 2.45) is 5.92 Å². The first-order valence-corrected chi connectivity index (χ1v) is 9.72. The molecule has 4 rings (SSSR count). The van der Waals surface area contributed by atoms with Crippen molar-refractivity contribution in [2.45, 2.75) is 18.9 Å². The summed E-state index contributed by atoms with van der Waals surface area (Å²) in [7, 11) is 3.83. The van der Waals surface area contributed by atoms with E-state index < -0.39 is 0 Å². The summed E-state index contributed by atoms with van der Waals surface area (Å²) >= 11 is 6.04. The normalized spacial score (nSPS) is 21.3. The average Bonchev–Trinajstić information content (AvgIpc) is 2.63. The summed E-state index contributed by atoms with van der Waals surface area (Å²) in [4.78, 5) is 29.0. The van der Waals surface area contributed by atoms with E-state index in [2.05, 4.69) is 0 Å². The standard InChI is InChI=1S/C21H24ClN3O2/c1-23(2)13-20(27)24-10-14-9-16(12-24)21-18(7-8-19(26)25(21)11-14)15-3-5-17(22)6-4-15/h3-8,14,16H,9-13H2,1-2H3. The molecule has 2 atom stereocenters. The number of hydrogen-bond donors (Lipinski definition) is 0. The highest BCUT2D eigenvalue weighted by Gasteiger charge is 2.37. The maximum atomic E-state index is 12.6. The molecule has 142 valence electrons. The molecule has 2 unspecified atom stereocenters. The summed E-state index contributed by atoms with van der Waals surface area (Å²) in [6.45, 7) is 2.51. The van der Waals surface area contributed by atoms with Crippen LogP contribution in [0.3, 0.4) is 0 Å². The largest absolute Gasteiger partial charge is 0.341 e. The number of nitrogens with zero attached hydrogens (tertiary/aromatic N) is 3. The number of halogens is 1. The Morgan fingerprint density at radius 3 is 2.56 bits per heavy atom. The summed E-state index contributed by atoms with van der Waals surface area (Å²) in [5.74, 6) is 0.679. The van der Waals surface area contributed by atoms with Gasteiger partial charge in [-0.15, -0.1) is 0 Å². The zero-order chi connectivity index (χ0) is 19.1. The molecule has 0 saturated carbocycles. The number of rotatable bonds is 3. The number of hydrogen-bond acceptors (Lipinski definition) is 3. The molecule has 1 amide bonds. The van der Waals surface area contributed by atoms with E-state index in [4.69, 9.17) is 11.6 Å². The Kier molecular flexibility index (Phi) is 4.82. The Morgan fingerprint density at radius 2 is 1.85 bits per heavy atom. The van der Waals surface area contributed by atoms with E-state index in [9.17, 15) is 9.59 Å². The van der Waals surface area contributed by atoms with Gasteiger partial charge >= 0.3 is 0 Å². The minimum absolute atomic E-state index is 0.0467. The number of likely N-dealkylation sites (N-methyl/N-ethyl adjacent to an activating group) is 1. The average molecular weight is 386 g/mol. The van der Waals surface area contributed by atoms with Gasteiger partial charge in [-0.25, -0.2) is 0 Å². The van der Waals surface area contributed by atoms with Crippen LogP contribution >= 0.6 is 11.6 Å². The van der Waals surface area contributed by atoms with Crippen LogP contribution in [-0.4, -0.2) is 54.0 Å². The van der Waals surface area contributed by atoms with Gasteiger partial charge < -0.3 is 14.4 Å². The summed E-state index contributed by atoms with van der Waals surface area (Å²) in [5, 5.41) is 0.693. The van der Waals surface area contributed by atoms with E-state index in [1.807, 2.05) is 58.8 Å². The number of fused-ring (bicyclic) bond motifs is 4. The predicted molar refractivity (Wildman–Crippen MR) is 107 cm³/mol. The van der Waals surface area contributed by atoms with Gasteiger partial charge in [-0.1, -0.05) is 23.7 Å². The van der Waals surface area contributed by atoms with Gasteiger partial charge in [0.2, 0.25) is 5.91 Å². The van der Waals surface area contributed by atoms with Crippen LogP contribution in [-0.2, 0) is 11.3 Å². The van der Waals surface area contributed by atoms with Crippen LogP contribution in [0.15, 0.2) is 41.2 Å². The van der Waals surface area contributed by atoms with E-state index in [0.29, 0.717) is 30.6 Å². The molecule has 2 aliphatic rings. The molecule has 3 heterocycles. The van der Waals surface area contributed by atoms with Crippen LogP contribution in [0.25, 0.3) is 11.1 Å². The fourth-order valence-corrected chi connectivity index (χ4v) is 4.59. The number of likely N-dealkylation sites (tertiary alicyclic amines) is 1. The van der Waals surface area contributed by atoms with Crippen molar-refractivity contribution >= 4 is 17.5 Å². The Labute approximate surface area is 164 Å². The zero-order valence-corrected chi connectivity index (χ0v) is 16.4. The molecule has 1 fully saturated rings. The monoisotopic (exact) mass is 385 g/mol. The number of benzene rings is 1. The van der Waals surface area contributed by atoms with Gasteiger partial charge in [-0.2, -0.15) is 0 Å². The summed E-state index contributed by atoms with van der Waals surface area (Å²) in [6.07, 6.45) is 1.02. The number of pyridine rings is 1. The van der Waals surface area contributed by atoms with E-state index in [0.717, 1.165) is 29.8 Å². The van der Waals surface area contributed by atoms with Crippen LogP contribution in [0, 0.1) is 5.92 Å². The number of piperidine rings is 1. The molecule has 6 heteroatoms. The van der Waals surface area contributed by atoms with Gasteiger partial charge in [-0.3, -0.25) is 9.59 Å². The summed E-state index contributed by atoms with van der Waals surface area (Å²) in [5.41, 5.74) is 3.23. The maximum Gasteiger partial charge on any atom is 0.250 e. The first-order valence-electron chi connectivity index (χ1n) is 9.34. The molecule has 0 radical (unpaired) electrons. The Hall–Kier alpha value is -2.11. The third-order valence-electron chi connectivity index (χ3n) is 5.55. The lowest BCUT2D eigenvalue weighted by Crippen LogP contribution is -2.51. The van der Waals surface area contributed by atoms with Crippen molar-refractivity contribution in [1.29, 1.82) is 0 Å². The molecule has 0 aliphatic carbocycles. The molecule has 2 aliphatic heterocycles. The molecule has 5 nitrogen and oxygen atoms in total. The van der Waals surface area contributed by atoms with Crippen LogP contribution < -0.4 is 5.56 Å². The van der Waals surface area contributed by atoms with Crippen molar-refractivity contribution in [3.05, 3.63) is 57.5 Å². The Bertz CT molecular complexity index is 920. The predicted octanol–water partition coefficient (Wildman–Crippen LogP) is 2.68. The number of amides is 1. The molecule has 1 aromatic carbocycles. The van der Waals surface area contributed by atoms with Crippen LogP contribution in [0.1, 0.15) is 18.0 Å². The molecular weight excluding hydrogens is 362 g/mol. The third-order valence-corrected chi connectivity index (χ3v) is 5.80. The van der Waals surface area contributed by atoms with Gasteiger partial charge in [0.15, 0.2) is 0 Å². The van der Waals surface area contributed by atoms with Gasteiger partial charge in [0.05, 0.1) is 6.54 Å². The van der Waals surface area contributed by atoms with Gasteiger partial charge in [0.25, 0.3) is 5.56 Å².